The minimum atomic E-state index is -0.345. The molecule has 1 aliphatic rings. The van der Waals surface area contributed by atoms with Crippen LogP contribution < -0.4 is 11.3 Å². The van der Waals surface area contributed by atoms with Crippen LogP contribution in [0.1, 0.15) is 35.9 Å². The fourth-order valence-electron chi connectivity index (χ4n) is 1.97. The topological polar surface area (TPSA) is 71.2 Å². The monoisotopic (exact) mass is 248 g/mol. The van der Waals surface area contributed by atoms with E-state index in [1.807, 2.05) is 12.1 Å². The van der Waals surface area contributed by atoms with Crippen LogP contribution in [-0.4, -0.2) is 28.9 Å². The summed E-state index contributed by atoms with van der Waals surface area (Å²) in [7, 11) is 0. The smallest absolute Gasteiger partial charge is 0.283 e. The third kappa shape index (κ3) is 3.51. The van der Waals surface area contributed by atoms with Gasteiger partial charge in [-0.2, -0.15) is 0 Å². The van der Waals surface area contributed by atoms with E-state index in [1.165, 1.54) is 12.8 Å². The largest absolute Gasteiger partial charge is 0.298 e. The number of hydrazine groups is 1. The number of nitrogens with two attached hydrogens (primary N) is 1. The highest BCUT2D eigenvalue weighted by molar-refractivity contribution is 5.91. The van der Waals surface area contributed by atoms with Crippen LogP contribution in [0.2, 0.25) is 0 Å². The predicted molar refractivity (Wildman–Crippen MR) is 69.6 cm³/mol. The van der Waals surface area contributed by atoms with Crippen LogP contribution >= 0.6 is 0 Å². The molecule has 0 aromatic carbocycles. The second kappa shape index (κ2) is 5.93. The summed E-state index contributed by atoms with van der Waals surface area (Å²) in [6.45, 7) is 5.08. The van der Waals surface area contributed by atoms with Crippen molar-refractivity contribution in [1.29, 1.82) is 0 Å². The van der Waals surface area contributed by atoms with Crippen LogP contribution in [0.5, 0.6) is 0 Å². The molecule has 0 radical (unpaired) electrons. The van der Waals surface area contributed by atoms with Crippen LogP contribution in [0.3, 0.4) is 0 Å². The maximum atomic E-state index is 11.4. The normalized spacial score (nSPS) is 14.8. The summed E-state index contributed by atoms with van der Waals surface area (Å²) >= 11 is 0. The SMILES string of the molecule is CCN(Cc1cccc(C(=O)NN)n1)CC1CC1. The first-order valence-corrected chi connectivity index (χ1v) is 6.42. The van der Waals surface area contributed by atoms with Crippen LogP contribution in [0, 0.1) is 5.92 Å². The molecule has 1 aliphatic carbocycles. The second-order valence-corrected chi connectivity index (χ2v) is 4.76. The first-order valence-electron chi connectivity index (χ1n) is 6.42. The number of rotatable bonds is 6. The Labute approximate surface area is 107 Å². The van der Waals surface area contributed by atoms with E-state index in [9.17, 15) is 4.79 Å². The number of nitrogen functional groups attached to an aromatic ring is 1. The predicted octanol–water partition coefficient (Wildman–Crippen LogP) is 0.917. The zero-order valence-corrected chi connectivity index (χ0v) is 10.7. The Morgan fingerprint density at radius 1 is 1.56 bits per heavy atom. The van der Waals surface area contributed by atoms with Gasteiger partial charge in [-0.15, -0.1) is 0 Å². The van der Waals surface area contributed by atoms with Crippen molar-refractivity contribution in [3.05, 3.63) is 29.6 Å². The van der Waals surface area contributed by atoms with Gasteiger partial charge < -0.3 is 0 Å². The molecule has 0 bridgehead atoms. The summed E-state index contributed by atoms with van der Waals surface area (Å²) < 4.78 is 0. The Bertz CT molecular complexity index is 417. The van der Waals surface area contributed by atoms with Crippen LogP contribution in [0.15, 0.2) is 18.2 Å². The minimum Gasteiger partial charge on any atom is -0.298 e. The van der Waals surface area contributed by atoms with Gasteiger partial charge in [0.25, 0.3) is 5.91 Å². The summed E-state index contributed by atoms with van der Waals surface area (Å²) in [5, 5.41) is 0. The molecule has 1 amide bonds. The van der Waals surface area contributed by atoms with Gasteiger partial charge in [0.1, 0.15) is 5.69 Å². The Kier molecular flexibility index (Phi) is 4.28. The van der Waals surface area contributed by atoms with Crippen LogP contribution in [0.4, 0.5) is 0 Å². The fourth-order valence-corrected chi connectivity index (χ4v) is 1.97. The van der Waals surface area contributed by atoms with E-state index in [4.69, 9.17) is 5.84 Å². The summed E-state index contributed by atoms with van der Waals surface area (Å²) in [4.78, 5) is 18.1. The van der Waals surface area contributed by atoms with Crippen molar-refractivity contribution in [2.75, 3.05) is 13.1 Å². The molecule has 0 saturated heterocycles. The number of aromatic nitrogens is 1. The van der Waals surface area contributed by atoms with Crippen LogP contribution in [0.25, 0.3) is 0 Å². The second-order valence-electron chi connectivity index (χ2n) is 4.76. The lowest BCUT2D eigenvalue weighted by molar-refractivity contribution is 0.0948. The summed E-state index contributed by atoms with van der Waals surface area (Å²) in [5.41, 5.74) is 3.39. The van der Waals surface area contributed by atoms with Crippen LogP contribution in [-0.2, 0) is 6.54 Å². The Morgan fingerprint density at radius 3 is 2.94 bits per heavy atom. The molecule has 1 aromatic heterocycles. The number of nitrogens with zero attached hydrogens (tertiary/aromatic N) is 2. The Balaban J connectivity index is 2.00. The van der Waals surface area contributed by atoms with Crippen molar-refractivity contribution in [3.63, 3.8) is 0 Å². The number of amides is 1. The minimum absolute atomic E-state index is 0.345. The molecule has 2 rings (SSSR count). The fraction of sp³-hybridized carbons (Fsp3) is 0.538. The maximum absolute atomic E-state index is 11.4. The standard InChI is InChI=1S/C13H20N4O/c1-2-17(8-10-6-7-10)9-11-4-3-5-12(15-11)13(18)16-14/h3-5,10H,2,6-9,14H2,1H3,(H,16,18). The Morgan fingerprint density at radius 2 is 2.33 bits per heavy atom. The molecule has 0 aliphatic heterocycles. The molecule has 5 nitrogen and oxygen atoms in total. The molecule has 3 N–H and O–H groups in total. The quantitative estimate of drug-likeness (QED) is 0.446. The third-order valence-corrected chi connectivity index (χ3v) is 3.22. The Hall–Kier alpha value is -1.46. The van der Waals surface area contributed by atoms with Crippen molar-refractivity contribution in [2.24, 2.45) is 11.8 Å². The summed E-state index contributed by atoms with van der Waals surface area (Å²) in [5.74, 6) is 5.62. The van der Waals surface area contributed by atoms with Crippen molar-refractivity contribution in [2.45, 2.75) is 26.3 Å². The van der Waals surface area contributed by atoms with E-state index in [0.29, 0.717) is 5.69 Å². The lowest BCUT2D eigenvalue weighted by Gasteiger charge is -2.19. The van der Waals surface area contributed by atoms with Gasteiger partial charge in [-0.05, 0) is 37.4 Å². The number of nitrogens with one attached hydrogen (secondary N) is 1. The van der Waals surface area contributed by atoms with Gasteiger partial charge in [0.05, 0.1) is 5.69 Å². The number of hydrogen-bond donors (Lipinski definition) is 2. The van der Waals surface area contributed by atoms with Crippen molar-refractivity contribution in [3.8, 4) is 0 Å². The highest BCUT2D eigenvalue weighted by Gasteiger charge is 2.23. The average molecular weight is 248 g/mol. The third-order valence-electron chi connectivity index (χ3n) is 3.22. The zero-order valence-electron chi connectivity index (χ0n) is 10.7. The first-order chi connectivity index (χ1) is 8.72. The molecular weight excluding hydrogens is 228 g/mol. The van der Waals surface area contributed by atoms with Gasteiger partial charge in [0, 0.05) is 13.1 Å². The molecular formula is C13H20N4O. The molecule has 1 fully saturated rings. The maximum Gasteiger partial charge on any atom is 0.283 e. The average Bonchev–Trinajstić information content (AvgIpc) is 3.21. The first kappa shape index (κ1) is 13.0. The van der Waals surface area contributed by atoms with Gasteiger partial charge in [-0.1, -0.05) is 13.0 Å². The summed E-state index contributed by atoms with van der Waals surface area (Å²) in [6, 6.07) is 5.46. The van der Waals surface area contributed by atoms with E-state index < -0.39 is 0 Å². The lowest BCUT2D eigenvalue weighted by Crippen LogP contribution is -2.31. The van der Waals surface area contributed by atoms with E-state index in [0.717, 1.165) is 31.2 Å². The molecule has 0 spiro atoms. The molecule has 0 atom stereocenters. The highest BCUT2D eigenvalue weighted by Crippen LogP contribution is 2.29. The zero-order chi connectivity index (χ0) is 13.0. The molecule has 1 aromatic rings. The number of hydrogen-bond acceptors (Lipinski definition) is 4. The highest BCUT2D eigenvalue weighted by atomic mass is 16.2. The molecule has 1 heterocycles. The molecule has 5 heteroatoms. The van der Waals surface area contributed by atoms with Gasteiger partial charge in [-0.3, -0.25) is 15.1 Å². The number of carbonyl (C=O) groups is 1. The van der Waals surface area contributed by atoms with Gasteiger partial charge in [-0.25, -0.2) is 10.8 Å². The van der Waals surface area contributed by atoms with Crippen molar-refractivity contribution >= 4 is 5.91 Å². The van der Waals surface area contributed by atoms with Gasteiger partial charge >= 0.3 is 0 Å². The lowest BCUT2D eigenvalue weighted by atomic mass is 10.2. The molecule has 18 heavy (non-hydrogen) atoms. The van der Waals surface area contributed by atoms with E-state index in [2.05, 4.69) is 22.2 Å². The van der Waals surface area contributed by atoms with E-state index in [1.54, 1.807) is 6.07 Å². The van der Waals surface area contributed by atoms with Gasteiger partial charge in [0.2, 0.25) is 0 Å². The van der Waals surface area contributed by atoms with Crippen molar-refractivity contribution < 1.29 is 4.79 Å². The van der Waals surface area contributed by atoms with Crippen molar-refractivity contribution in [1.82, 2.24) is 15.3 Å². The number of carbonyl (C=O) groups excluding carboxylic acids is 1. The van der Waals surface area contributed by atoms with E-state index in [-0.39, 0.29) is 5.91 Å². The molecule has 98 valence electrons. The van der Waals surface area contributed by atoms with E-state index >= 15 is 0 Å². The molecule has 1 saturated carbocycles. The van der Waals surface area contributed by atoms with Gasteiger partial charge in [0.15, 0.2) is 0 Å². The number of pyridine rings is 1. The molecule has 0 unspecified atom stereocenters. The summed E-state index contributed by atoms with van der Waals surface area (Å²) in [6.07, 6.45) is 2.69.